The van der Waals surface area contributed by atoms with E-state index in [4.69, 9.17) is 4.74 Å². The first-order valence-electron chi connectivity index (χ1n) is 7.89. The van der Waals surface area contributed by atoms with Crippen LogP contribution in [-0.4, -0.2) is 45.5 Å². The number of ether oxygens (including phenoxy) is 1. The second-order valence-electron chi connectivity index (χ2n) is 6.89. The highest BCUT2D eigenvalue weighted by atomic mass is 16.5. The molecule has 3 fully saturated rings. The van der Waals surface area contributed by atoms with E-state index in [2.05, 4.69) is 20.0 Å². The molecule has 2 saturated carbocycles. The van der Waals surface area contributed by atoms with Crippen molar-refractivity contribution in [2.75, 3.05) is 18.6 Å². The number of aromatic nitrogens is 4. The molecule has 0 aromatic carbocycles. The van der Waals surface area contributed by atoms with Crippen molar-refractivity contribution in [3.63, 3.8) is 0 Å². The minimum absolute atomic E-state index is 0.115. The molecule has 2 aromatic heterocycles. The van der Waals surface area contributed by atoms with Gasteiger partial charge in [-0.3, -0.25) is 14.5 Å². The number of nitrogens with zero attached hydrogens (tertiary/aromatic N) is 4. The minimum Gasteiger partial charge on any atom is -0.379 e. The van der Waals surface area contributed by atoms with Crippen molar-refractivity contribution in [3.8, 4) is 0 Å². The van der Waals surface area contributed by atoms with E-state index in [0.717, 1.165) is 6.54 Å². The molecule has 0 spiro atoms. The fraction of sp³-hybridized carbons (Fsp3) is 0.667. The number of aromatic amines is 1. The molecule has 5 atom stereocenters. The van der Waals surface area contributed by atoms with Gasteiger partial charge in [-0.25, -0.2) is 0 Å². The Hall–Kier alpha value is -1.89. The van der Waals surface area contributed by atoms with Gasteiger partial charge in [0.2, 0.25) is 5.95 Å². The van der Waals surface area contributed by atoms with Gasteiger partial charge in [0.1, 0.15) is 5.39 Å². The number of rotatable bonds is 2. The fourth-order valence-electron chi connectivity index (χ4n) is 5.12. The number of H-pyrrole nitrogens is 1. The van der Waals surface area contributed by atoms with Crippen LogP contribution in [0.1, 0.15) is 12.8 Å². The zero-order chi connectivity index (χ0) is 15.0. The molecular weight excluding hydrogens is 282 g/mol. The van der Waals surface area contributed by atoms with E-state index in [0.29, 0.717) is 40.8 Å². The predicted octanol–water partition coefficient (Wildman–Crippen LogP) is 0.516. The first kappa shape index (κ1) is 12.6. The van der Waals surface area contributed by atoms with E-state index in [-0.39, 0.29) is 11.7 Å². The average molecular weight is 301 g/mol. The molecule has 1 saturated heterocycles. The molecule has 0 radical (unpaired) electrons. The van der Waals surface area contributed by atoms with E-state index in [1.165, 1.54) is 12.8 Å². The average Bonchev–Trinajstić information content (AvgIpc) is 3.19. The number of methoxy groups -OCH3 is 1. The first-order valence-corrected chi connectivity index (χ1v) is 7.89. The van der Waals surface area contributed by atoms with E-state index in [9.17, 15) is 4.79 Å². The topological polar surface area (TPSA) is 76.0 Å². The zero-order valence-electron chi connectivity index (χ0n) is 12.7. The number of hydrogen-bond donors (Lipinski definition) is 1. The van der Waals surface area contributed by atoms with Crippen LogP contribution >= 0.6 is 0 Å². The second kappa shape index (κ2) is 4.10. The number of fused-ring (bicyclic) bond motifs is 2. The molecule has 2 aromatic rings. The minimum atomic E-state index is -0.115. The Balaban J connectivity index is 1.63. The van der Waals surface area contributed by atoms with Crippen LogP contribution in [0.2, 0.25) is 0 Å². The standard InChI is InChI=1S/C15H19N5O2/c1-19-13-10(5-16-19)14(21)18-15(17-13)20-6-8-3-7-4-9(8)11(20)12(7)22-2/h5,7-9,11-12H,3-4,6H2,1-2H3,(H,17,18,21). The molecule has 2 bridgehead atoms. The van der Waals surface area contributed by atoms with Crippen LogP contribution in [0.25, 0.3) is 11.0 Å². The van der Waals surface area contributed by atoms with Gasteiger partial charge in [-0.15, -0.1) is 0 Å². The summed E-state index contributed by atoms with van der Waals surface area (Å²) in [5.74, 6) is 2.74. The lowest BCUT2D eigenvalue weighted by Gasteiger charge is -2.31. The molecule has 5 rings (SSSR count). The molecule has 3 aliphatic rings. The number of aryl methyl sites for hydroxylation is 1. The molecule has 1 N–H and O–H groups in total. The van der Waals surface area contributed by atoms with Crippen LogP contribution in [0, 0.1) is 17.8 Å². The molecule has 1 aliphatic heterocycles. The maximum absolute atomic E-state index is 12.3. The van der Waals surface area contributed by atoms with Gasteiger partial charge in [0.05, 0.1) is 18.3 Å². The van der Waals surface area contributed by atoms with Crippen LogP contribution in [0.15, 0.2) is 11.0 Å². The second-order valence-corrected chi connectivity index (χ2v) is 6.89. The Labute approximate surface area is 127 Å². The summed E-state index contributed by atoms with van der Waals surface area (Å²) in [5.41, 5.74) is 0.525. The Morgan fingerprint density at radius 1 is 1.36 bits per heavy atom. The lowest BCUT2D eigenvalue weighted by Crippen LogP contribution is -2.43. The highest BCUT2D eigenvalue weighted by molar-refractivity contribution is 5.74. The van der Waals surface area contributed by atoms with E-state index < -0.39 is 0 Å². The zero-order valence-corrected chi connectivity index (χ0v) is 12.7. The van der Waals surface area contributed by atoms with Crippen molar-refractivity contribution >= 4 is 17.0 Å². The normalized spacial score (nSPS) is 35.9. The highest BCUT2D eigenvalue weighted by Gasteiger charge is 2.60. The molecule has 116 valence electrons. The van der Waals surface area contributed by atoms with Crippen molar-refractivity contribution in [2.45, 2.75) is 25.0 Å². The lowest BCUT2D eigenvalue weighted by atomic mass is 9.88. The Morgan fingerprint density at radius 2 is 2.23 bits per heavy atom. The fourth-order valence-corrected chi connectivity index (χ4v) is 5.12. The number of nitrogens with one attached hydrogen (secondary N) is 1. The summed E-state index contributed by atoms with van der Waals surface area (Å²) < 4.78 is 7.43. The third-order valence-electron chi connectivity index (χ3n) is 5.95. The highest BCUT2D eigenvalue weighted by Crippen LogP contribution is 2.56. The maximum atomic E-state index is 12.3. The van der Waals surface area contributed by atoms with Crippen molar-refractivity contribution in [1.82, 2.24) is 19.7 Å². The summed E-state index contributed by atoms with van der Waals surface area (Å²) in [5, 5.41) is 4.68. The summed E-state index contributed by atoms with van der Waals surface area (Å²) in [7, 11) is 3.62. The molecular formula is C15H19N5O2. The molecule has 0 amide bonds. The largest absolute Gasteiger partial charge is 0.379 e. The summed E-state index contributed by atoms with van der Waals surface area (Å²) in [4.78, 5) is 22.2. The van der Waals surface area contributed by atoms with Gasteiger partial charge in [0.25, 0.3) is 5.56 Å². The van der Waals surface area contributed by atoms with Crippen LogP contribution in [0.3, 0.4) is 0 Å². The van der Waals surface area contributed by atoms with Crippen molar-refractivity contribution in [1.29, 1.82) is 0 Å². The molecule has 7 nitrogen and oxygen atoms in total. The SMILES string of the molecule is COC1C2CC3CN(c4nc5c(cnn5C)c(=O)[nH]4)C1C3C2. The summed E-state index contributed by atoms with van der Waals surface area (Å²) in [6, 6.07) is 0.350. The lowest BCUT2D eigenvalue weighted by molar-refractivity contribution is 0.0445. The summed E-state index contributed by atoms with van der Waals surface area (Å²) in [6.07, 6.45) is 4.33. The van der Waals surface area contributed by atoms with E-state index >= 15 is 0 Å². The maximum Gasteiger partial charge on any atom is 0.263 e. The quantitative estimate of drug-likeness (QED) is 0.875. The van der Waals surface area contributed by atoms with Crippen LogP contribution in [0.5, 0.6) is 0 Å². The first-order chi connectivity index (χ1) is 10.7. The van der Waals surface area contributed by atoms with Gasteiger partial charge in [-0.2, -0.15) is 10.1 Å². The molecule has 22 heavy (non-hydrogen) atoms. The van der Waals surface area contributed by atoms with Crippen molar-refractivity contribution < 1.29 is 4.74 Å². The van der Waals surface area contributed by atoms with Gasteiger partial charge in [0.15, 0.2) is 5.65 Å². The number of anilines is 1. The smallest absolute Gasteiger partial charge is 0.263 e. The van der Waals surface area contributed by atoms with E-state index in [1.54, 1.807) is 18.0 Å². The molecule has 5 unspecified atom stereocenters. The van der Waals surface area contributed by atoms with Crippen LogP contribution < -0.4 is 10.5 Å². The van der Waals surface area contributed by atoms with Gasteiger partial charge in [-0.05, 0) is 30.6 Å². The monoisotopic (exact) mass is 301 g/mol. The van der Waals surface area contributed by atoms with Crippen LogP contribution in [-0.2, 0) is 11.8 Å². The van der Waals surface area contributed by atoms with Crippen LogP contribution in [0.4, 0.5) is 5.95 Å². The van der Waals surface area contributed by atoms with Crippen molar-refractivity contribution in [3.05, 3.63) is 16.6 Å². The number of hydrogen-bond acceptors (Lipinski definition) is 5. The van der Waals surface area contributed by atoms with Gasteiger partial charge in [-0.1, -0.05) is 0 Å². The Bertz CT molecular complexity index is 810. The summed E-state index contributed by atoms with van der Waals surface area (Å²) in [6.45, 7) is 0.970. The summed E-state index contributed by atoms with van der Waals surface area (Å²) >= 11 is 0. The van der Waals surface area contributed by atoms with E-state index in [1.807, 2.05) is 7.05 Å². The predicted molar refractivity (Wildman–Crippen MR) is 80.8 cm³/mol. The van der Waals surface area contributed by atoms with Gasteiger partial charge < -0.3 is 9.64 Å². The van der Waals surface area contributed by atoms with Crippen molar-refractivity contribution in [2.24, 2.45) is 24.8 Å². The molecule has 7 heteroatoms. The van der Waals surface area contributed by atoms with Gasteiger partial charge >= 0.3 is 0 Å². The Kier molecular flexibility index (Phi) is 2.35. The third kappa shape index (κ3) is 1.42. The molecule has 3 heterocycles. The Morgan fingerprint density at radius 3 is 3.05 bits per heavy atom. The van der Waals surface area contributed by atoms with Gasteiger partial charge in [0, 0.05) is 20.7 Å². The third-order valence-corrected chi connectivity index (χ3v) is 5.95. The molecule has 2 aliphatic carbocycles.